The number of hydrogen-bond donors (Lipinski definition) is 1. The summed E-state index contributed by atoms with van der Waals surface area (Å²) in [7, 11) is 0. The van der Waals surface area contributed by atoms with E-state index in [9.17, 15) is 0 Å². The third-order valence-electron chi connectivity index (χ3n) is 3.41. The van der Waals surface area contributed by atoms with Gasteiger partial charge in [0.1, 0.15) is 11.5 Å². The number of aryl methyl sites for hydroxylation is 2. The minimum absolute atomic E-state index is 0.293. The Bertz CT molecular complexity index is 696. The van der Waals surface area contributed by atoms with Gasteiger partial charge in [-0.05, 0) is 31.9 Å². The Labute approximate surface area is 124 Å². The van der Waals surface area contributed by atoms with Gasteiger partial charge < -0.3 is 0 Å². The lowest BCUT2D eigenvalue weighted by Gasteiger charge is -2.07. The van der Waals surface area contributed by atoms with Crippen LogP contribution in [0.15, 0.2) is 42.6 Å². The summed E-state index contributed by atoms with van der Waals surface area (Å²) < 4.78 is 1.93. The third-order valence-corrected chi connectivity index (χ3v) is 3.41. The number of aromatic amines is 1. The SMILES string of the molecule is CC(C)n1nccc1-c1n[nH]c(CCc2ccccc2)n1. The van der Waals surface area contributed by atoms with Crippen LogP contribution < -0.4 is 0 Å². The molecule has 5 nitrogen and oxygen atoms in total. The first-order chi connectivity index (χ1) is 10.2. The van der Waals surface area contributed by atoms with Gasteiger partial charge in [-0.1, -0.05) is 30.3 Å². The average molecular weight is 281 g/mol. The van der Waals surface area contributed by atoms with Crippen molar-refractivity contribution in [2.45, 2.75) is 32.7 Å². The van der Waals surface area contributed by atoms with Crippen molar-refractivity contribution in [3.05, 3.63) is 54.0 Å². The molecule has 108 valence electrons. The number of nitrogens with zero attached hydrogens (tertiary/aromatic N) is 4. The molecule has 1 N–H and O–H groups in total. The van der Waals surface area contributed by atoms with E-state index in [1.807, 2.05) is 16.8 Å². The molecule has 0 saturated carbocycles. The van der Waals surface area contributed by atoms with E-state index in [-0.39, 0.29) is 0 Å². The summed E-state index contributed by atoms with van der Waals surface area (Å²) in [5.41, 5.74) is 2.26. The predicted octanol–water partition coefficient (Wildman–Crippen LogP) is 3.03. The molecule has 0 aliphatic rings. The van der Waals surface area contributed by atoms with E-state index in [2.05, 4.69) is 58.4 Å². The third kappa shape index (κ3) is 3.02. The molecular formula is C16H19N5. The van der Waals surface area contributed by atoms with Crippen molar-refractivity contribution in [2.75, 3.05) is 0 Å². The maximum atomic E-state index is 4.58. The van der Waals surface area contributed by atoms with Crippen LogP contribution in [0.2, 0.25) is 0 Å². The highest BCUT2D eigenvalue weighted by Gasteiger charge is 2.13. The van der Waals surface area contributed by atoms with Crippen molar-refractivity contribution in [1.29, 1.82) is 0 Å². The fourth-order valence-corrected chi connectivity index (χ4v) is 2.33. The van der Waals surface area contributed by atoms with Gasteiger partial charge in [0.05, 0.1) is 0 Å². The Kier molecular flexibility index (Phi) is 3.81. The topological polar surface area (TPSA) is 59.4 Å². The molecule has 0 unspecified atom stereocenters. The fourth-order valence-electron chi connectivity index (χ4n) is 2.33. The summed E-state index contributed by atoms with van der Waals surface area (Å²) in [6.07, 6.45) is 3.60. The number of nitrogens with one attached hydrogen (secondary N) is 1. The van der Waals surface area contributed by atoms with Crippen LogP contribution in [0.3, 0.4) is 0 Å². The molecule has 0 atom stereocenters. The molecule has 0 spiro atoms. The maximum absolute atomic E-state index is 4.58. The van der Waals surface area contributed by atoms with E-state index in [0.29, 0.717) is 11.9 Å². The number of rotatable bonds is 5. The summed E-state index contributed by atoms with van der Waals surface area (Å²) in [6.45, 7) is 4.19. The van der Waals surface area contributed by atoms with Crippen LogP contribution in [0.4, 0.5) is 0 Å². The van der Waals surface area contributed by atoms with Crippen molar-refractivity contribution in [1.82, 2.24) is 25.0 Å². The van der Waals surface area contributed by atoms with E-state index >= 15 is 0 Å². The van der Waals surface area contributed by atoms with Gasteiger partial charge in [0.2, 0.25) is 0 Å². The highest BCUT2D eigenvalue weighted by Crippen LogP contribution is 2.18. The van der Waals surface area contributed by atoms with E-state index in [0.717, 1.165) is 24.4 Å². The first kappa shape index (κ1) is 13.5. The molecule has 0 fully saturated rings. The maximum Gasteiger partial charge on any atom is 0.199 e. The summed E-state index contributed by atoms with van der Waals surface area (Å²) in [6, 6.07) is 12.6. The fraction of sp³-hybridized carbons (Fsp3) is 0.312. The first-order valence-electron chi connectivity index (χ1n) is 7.23. The van der Waals surface area contributed by atoms with Crippen LogP contribution in [0, 0.1) is 0 Å². The molecule has 0 amide bonds. The summed E-state index contributed by atoms with van der Waals surface area (Å²) in [4.78, 5) is 4.58. The molecule has 3 aromatic rings. The standard InChI is InChI=1S/C16H19N5/c1-12(2)21-14(10-11-17-21)16-18-15(19-20-16)9-8-13-6-4-3-5-7-13/h3-7,10-12H,8-9H2,1-2H3,(H,18,19,20). The summed E-state index contributed by atoms with van der Waals surface area (Å²) >= 11 is 0. The van der Waals surface area contributed by atoms with Crippen LogP contribution in [0.5, 0.6) is 0 Å². The molecule has 3 rings (SSSR count). The quantitative estimate of drug-likeness (QED) is 0.782. The lowest BCUT2D eigenvalue weighted by Crippen LogP contribution is -2.05. The zero-order valence-electron chi connectivity index (χ0n) is 12.3. The Morgan fingerprint density at radius 2 is 1.90 bits per heavy atom. The Morgan fingerprint density at radius 3 is 2.67 bits per heavy atom. The van der Waals surface area contributed by atoms with Crippen molar-refractivity contribution in [3.63, 3.8) is 0 Å². The summed E-state index contributed by atoms with van der Waals surface area (Å²) in [5, 5.41) is 11.7. The molecule has 0 saturated heterocycles. The molecular weight excluding hydrogens is 262 g/mol. The highest BCUT2D eigenvalue weighted by molar-refractivity contribution is 5.48. The van der Waals surface area contributed by atoms with Crippen LogP contribution in [0.25, 0.3) is 11.5 Å². The Balaban J connectivity index is 1.73. The van der Waals surface area contributed by atoms with Crippen LogP contribution >= 0.6 is 0 Å². The van der Waals surface area contributed by atoms with Crippen LogP contribution in [-0.2, 0) is 12.8 Å². The van der Waals surface area contributed by atoms with E-state index < -0.39 is 0 Å². The number of hydrogen-bond acceptors (Lipinski definition) is 3. The van der Waals surface area contributed by atoms with Gasteiger partial charge in [-0.25, -0.2) is 4.98 Å². The monoisotopic (exact) mass is 281 g/mol. The zero-order chi connectivity index (χ0) is 14.7. The van der Waals surface area contributed by atoms with E-state index in [4.69, 9.17) is 0 Å². The van der Waals surface area contributed by atoms with Gasteiger partial charge in [0, 0.05) is 18.7 Å². The van der Waals surface area contributed by atoms with Gasteiger partial charge >= 0.3 is 0 Å². The second-order valence-electron chi connectivity index (χ2n) is 5.35. The van der Waals surface area contributed by atoms with Crippen molar-refractivity contribution >= 4 is 0 Å². The molecule has 1 aromatic carbocycles. The van der Waals surface area contributed by atoms with E-state index in [1.165, 1.54) is 5.56 Å². The lowest BCUT2D eigenvalue weighted by atomic mass is 10.1. The molecule has 0 aliphatic carbocycles. The van der Waals surface area contributed by atoms with Crippen molar-refractivity contribution in [3.8, 4) is 11.5 Å². The lowest BCUT2D eigenvalue weighted by molar-refractivity contribution is 0.537. The van der Waals surface area contributed by atoms with Gasteiger partial charge in [0.25, 0.3) is 0 Å². The number of aromatic nitrogens is 5. The van der Waals surface area contributed by atoms with Gasteiger partial charge in [-0.3, -0.25) is 9.78 Å². The predicted molar refractivity (Wildman–Crippen MR) is 81.8 cm³/mol. The minimum Gasteiger partial charge on any atom is -0.263 e. The van der Waals surface area contributed by atoms with E-state index in [1.54, 1.807) is 6.20 Å². The molecule has 21 heavy (non-hydrogen) atoms. The van der Waals surface area contributed by atoms with Crippen LogP contribution in [0.1, 0.15) is 31.3 Å². The number of H-pyrrole nitrogens is 1. The van der Waals surface area contributed by atoms with Gasteiger partial charge in [-0.2, -0.15) is 10.2 Å². The molecule has 2 heterocycles. The van der Waals surface area contributed by atoms with Crippen molar-refractivity contribution in [2.24, 2.45) is 0 Å². The molecule has 5 heteroatoms. The van der Waals surface area contributed by atoms with Gasteiger partial charge in [0.15, 0.2) is 5.82 Å². The Morgan fingerprint density at radius 1 is 1.10 bits per heavy atom. The first-order valence-corrected chi connectivity index (χ1v) is 7.23. The second kappa shape index (κ2) is 5.91. The molecule has 2 aromatic heterocycles. The normalized spacial score (nSPS) is 11.2. The zero-order valence-corrected chi connectivity index (χ0v) is 12.3. The van der Waals surface area contributed by atoms with Gasteiger partial charge in [-0.15, -0.1) is 0 Å². The Hall–Kier alpha value is -2.43. The minimum atomic E-state index is 0.293. The van der Waals surface area contributed by atoms with Crippen molar-refractivity contribution < 1.29 is 0 Å². The highest BCUT2D eigenvalue weighted by atomic mass is 15.3. The smallest absolute Gasteiger partial charge is 0.199 e. The van der Waals surface area contributed by atoms with Crippen LogP contribution in [-0.4, -0.2) is 25.0 Å². The molecule has 0 aliphatic heterocycles. The largest absolute Gasteiger partial charge is 0.263 e. The average Bonchev–Trinajstić information content (AvgIpc) is 3.15. The molecule has 0 radical (unpaired) electrons. The number of benzene rings is 1. The summed E-state index contributed by atoms with van der Waals surface area (Å²) in [5.74, 6) is 1.62. The second-order valence-corrected chi connectivity index (χ2v) is 5.35. The molecule has 0 bridgehead atoms.